The quantitative estimate of drug-likeness (QED) is 0.158. The molecule has 4 aliphatic rings. The molecule has 2 aromatic heterocycles. The lowest BCUT2D eigenvalue weighted by atomic mass is 9.75. The molecule has 5 aromatic rings. The maximum atomic E-state index is 14.1. The van der Waals surface area contributed by atoms with Crippen molar-refractivity contribution in [2.45, 2.75) is 81.1 Å². The molecule has 0 aliphatic carbocycles. The second-order valence-electron chi connectivity index (χ2n) is 15.8. The van der Waals surface area contributed by atoms with Gasteiger partial charge in [0.1, 0.15) is 0 Å². The molecule has 0 spiro atoms. The van der Waals surface area contributed by atoms with Crippen LogP contribution in [0, 0.1) is 11.8 Å². The van der Waals surface area contributed by atoms with Crippen LogP contribution in [0.5, 0.6) is 0 Å². The maximum Gasteiger partial charge on any atom is 0.229 e. The summed E-state index contributed by atoms with van der Waals surface area (Å²) >= 11 is 3.43. The van der Waals surface area contributed by atoms with Gasteiger partial charge in [0.15, 0.2) is 0 Å². The van der Waals surface area contributed by atoms with Crippen molar-refractivity contribution in [3.63, 3.8) is 0 Å². The first-order valence-corrected chi connectivity index (χ1v) is 21.2. The molecular formula is C45H48N4O2S2. The van der Waals surface area contributed by atoms with E-state index >= 15 is 0 Å². The standard InChI is InChI=1S/C45H48N4O2S2/c1-48-36-15-17-40(48)42(38(23-36)31-9-5-29(6-10-31)33-19-21-52-26-33)44(50)46-25-28-3-13-35(14-4-28)47-45(51)43-39(24-37-16-18-41(43)49(37)2)32-11-7-30(8-12-32)34-20-22-53-27-34/h3-14,19-22,26-27,36-43H,15-18,23-25H2,1-2H3,(H,46,50)(H,47,51)/t36?,37?,38-,39-,40?,41?,42-,43+/m1/s1. The van der Waals surface area contributed by atoms with Gasteiger partial charge in [0.25, 0.3) is 0 Å². The van der Waals surface area contributed by atoms with Gasteiger partial charge in [-0.05, 0) is 149 Å². The molecule has 4 bridgehead atoms. The van der Waals surface area contributed by atoms with E-state index < -0.39 is 0 Å². The van der Waals surface area contributed by atoms with E-state index in [0.717, 1.165) is 49.8 Å². The van der Waals surface area contributed by atoms with Crippen molar-refractivity contribution in [1.29, 1.82) is 0 Å². The van der Waals surface area contributed by atoms with E-state index in [4.69, 9.17) is 0 Å². The monoisotopic (exact) mass is 740 g/mol. The molecule has 0 saturated carbocycles. The van der Waals surface area contributed by atoms with Gasteiger partial charge in [0.05, 0.1) is 11.8 Å². The number of thiophene rings is 2. The molecule has 9 rings (SSSR count). The molecule has 4 aliphatic heterocycles. The molecule has 6 nitrogen and oxygen atoms in total. The highest BCUT2D eigenvalue weighted by molar-refractivity contribution is 7.08. The van der Waals surface area contributed by atoms with Crippen molar-refractivity contribution in [3.05, 3.63) is 123 Å². The molecule has 6 heterocycles. The van der Waals surface area contributed by atoms with E-state index in [9.17, 15) is 9.59 Å². The molecule has 0 radical (unpaired) electrons. The van der Waals surface area contributed by atoms with Crippen molar-refractivity contribution in [1.82, 2.24) is 15.1 Å². The Kier molecular flexibility index (Phi) is 9.57. The predicted molar refractivity (Wildman–Crippen MR) is 217 cm³/mol. The third-order valence-corrected chi connectivity index (χ3v) is 14.6. The van der Waals surface area contributed by atoms with Crippen LogP contribution in [0.4, 0.5) is 5.69 Å². The van der Waals surface area contributed by atoms with Crippen LogP contribution in [0.1, 0.15) is 67.1 Å². The van der Waals surface area contributed by atoms with E-state index in [1.54, 1.807) is 22.7 Å². The number of anilines is 1. The lowest BCUT2D eigenvalue weighted by Crippen LogP contribution is -2.51. The van der Waals surface area contributed by atoms with Gasteiger partial charge in [-0.25, -0.2) is 0 Å². The molecular weight excluding hydrogens is 693 g/mol. The number of hydrogen-bond acceptors (Lipinski definition) is 6. The summed E-state index contributed by atoms with van der Waals surface area (Å²) in [5, 5.41) is 15.2. The number of carbonyl (C=O) groups is 2. The van der Waals surface area contributed by atoms with E-state index in [1.807, 2.05) is 24.3 Å². The van der Waals surface area contributed by atoms with Crippen molar-refractivity contribution < 1.29 is 9.59 Å². The van der Waals surface area contributed by atoms with Crippen LogP contribution in [0.25, 0.3) is 22.3 Å². The topological polar surface area (TPSA) is 64.7 Å². The highest BCUT2D eigenvalue weighted by Crippen LogP contribution is 2.48. The Balaban J connectivity index is 0.863. The van der Waals surface area contributed by atoms with Gasteiger partial charge < -0.3 is 10.6 Å². The summed E-state index contributed by atoms with van der Waals surface area (Å²) in [7, 11) is 4.40. The van der Waals surface area contributed by atoms with Crippen molar-refractivity contribution >= 4 is 40.2 Å². The molecule has 4 saturated heterocycles. The predicted octanol–water partition coefficient (Wildman–Crippen LogP) is 9.23. The lowest BCUT2D eigenvalue weighted by Gasteiger charge is -2.42. The number of hydrogen-bond donors (Lipinski definition) is 2. The zero-order valence-electron chi connectivity index (χ0n) is 30.5. The van der Waals surface area contributed by atoms with E-state index in [-0.39, 0.29) is 47.6 Å². The first-order valence-electron chi connectivity index (χ1n) is 19.3. The normalized spacial score (nSPS) is 28.2. The zero-order chi connectivity index (χ0) is 36.1. The Morgan fingerprint density at radius 2 is 1.09 bits per heavy atom. The number of amides is 2. The number of nitrogens with one attached hydrogen (secondary N) is 2. The Bertz CT molecular complexity index is 2030. The summed E-state index contributed by atoms with van der Waals surface area (Å²) in [6, 6.07) is 31.8. The lowest BCUT2D eigenvalue weighted by molar-refractivity contribution is -0.129. The maximum absolute atomic E-state index is 14.1. The van der Waals surface area contributed by atoms with Crippen molar-refractivity contribution in [3.8, 4) is 22.3 Å². The summed E-state index contributed by atoms with van der Waals surface area (Å²) in [6.45, 7) is 0.466. The number of carbonyl (C=O) groups excluding carboxylic acids is 2. The van der Waals surface area contributed by atoms with Gasteiger partial charge in [0, 0.05) is 36.4 Å². The van der Waals surface area contributed by atoms with E-state index in [0.29, 0.717) is 18.6 Å². The van der Waals surface area contributed by atoms with Crippen LogP contribution in [-0.2, 0) is 16.1 Å². The average Bonchev–Trinajstić information content (AvgIpc) is 4.00. The Hall–Kier alpha value is -4.08. The zero-order valence-corrected chi connectivity index (χ0v) is 32.1. The first-order chi connectivity index (χ1) is 25.9. The highest BCUT2D eigenvalue weighted by Gasteiger charge is 2.50. The van der Waals surface area contributed by atoms with Crippen LogP contribution >= 0.6 is 22.7 Å². The van der Waals surface area contributed by atoms with Gasteiger partial charge in [-0.2, -0.15) is 22.7 Å². The van der Waals surface area contributed by atoms with Crippen LogP contribution in [0.2, 0.25) is 0 Å². The minimum atomic E-state index is -0.117. The summed E-state index contributed by atoms with van der Waals surface area (Å²) in [5.41, 5.74) is 9.30. The average molecular weight is 741 g/mol. The third kappa shape index (κ3) is 6.69. The van der Waals surface area contributed by atoms with E-state index in [2.05, 4.69) is 117 Å². The SMILES string of the molecule is CN1C2CCC1[C@@H](C(=O)Nc1ccc(CNC(=O)[C@H]3C4CCC(C[C@@H]3c3ccc(-c5ccsc5)cc3)N4C)cc1)[C@@H](c1ccc(-c3ccsc3)cc1)C2. The van der Waals surface area contributed by atoms with Crippen LogP contribution in [0.15, 0.2) is 106 Å². The molecule has 3 aromatic carbocycles. The minimum absolute atomic E-state index is 0.0899. The molecule has 2 N–H and O–H groups in total. The summed E-state index contributed by atoms with van der Waals surface area (Å²) in [5.74, 6) is 0.417. The number of nitrogens with zero attached hydrogens (tertiary/aromatic N) is 2. The molecule has 4 fully saturated rings. The summed E-state index contributed by atoms with van der Waals surface area (Å²) in [4.78, 5) is 33.1. The fourth-order valence-corrected chi connectivity index (χ4v) is 11.6. The van der Waals surface area contributed by atoms with Gasteiger partial charge in [-0.15, -0.1) is 0 Å². The van der Waals surface area contributed by atoms with Gasteiger partial charge in [0.2, 0.25) is 11.8 Å². The first kappa shape index (κ1) is 34.7. The second-order valence-corrected chi connectivity index (χ2v) is 17.4. The second kappa shape index (κ2) is 14.6. The summed E-state index contributed by atoms with van der Waals surface area (Å²) < 4.78 is 0. The van der Waals surface area contributed by atoms with Gasteiger partial charge in [-0.3, -0.25) is 19.4 Å². The molecule has 2 amide bonds. The van der Waals surface area contributed by atoms with Crippen LogP contribution in [0.3, 0.4) is 0 Å². The molecule has 53 heavy (non-hydrogen) atoms. The van der Waals surface area contributed by atoms with Crippen molar-refractivity contribution in [2.75, 3.05) is 19.4 Å². The largest absolute Gasteiger partial charge is 0.352 e. The fourth-order valence-electron chi connectivity index (χ4n) is 10.3. The van der Waals surface area contributed by atoms with Gasteiger partial charge in [-0.1, -0.05) is 60.7 Å². The van der Waals surface area contributed by atoms with Gasteiger partial charge >= 0.3 is 0 Å². The number of fused-ring (bicyclic) bond motifs is 4. The number of benzene rings is 3. The van der Waals surface area contributed by atoms with Crippen LogP contribution < -0.4 is 10.6 Å². The fraction of sp³-hybridized carbons (Fsp3) is 0.378. The smallest absolute Gasteiger partial charge is 0.229 e. The molecule has 8 atom stereocenters. The molecule has 272 valence electrons. The highest BCUT2D eigenvalue weighted by atomic mass is 32.1. The molecule has 8 heteroatoms. The van der Waals surface area contributed by atoms with Crippen molar-refractivity contribution in [2.24, 2.45) is 11.8 Å². The Labute approximate surface area is 321 Å². The number of rotatable bonds is 9. The minimum Gasteiger partial charge on any atom is -0.352 e. The molecule has 4 unspecified atom stereocenters. The Morgan fingerprint density at radius 1 is 0.604 bits per heavy atom. The number of piperidine rings is 2. The van der Waals surface area contributed by atoms with E-state index in [1.165, 1.54) is 33.4 Å². The summed E-state index contributed by atoms with van der Waals surface area (Å²) in [6.07, 6.45) is 6.44. The third-order valence-electron chi connectivity index (χ3n) is 13.2. The van der Waals surface area contributed by atoms with Crippen LogP contribution in [-0.4, -0.2) is 59.9 Å². The Morgan fingerprint density at radius 3 is 1.57 bits per heavy atom.